The summed E-state index contributed by atoms with van der Waals surface area (Å²) in [5.41, 5.74) is 5.32. The van der Waals surface area contributed by atoms with E-state index in [-0.39, 0.29) is 15.5 Å². The minimum atomic E-state index is -4.16. The second-order valence-corrected chi connectivity index (χ2v) is 6.61. The first-order valence-corrected chi connectivity index (χ1v) is 8.35. The lowest BCUT2D eigenvalue weighted by molar-refractivity contribution is 0.481. The third-order valence-corrected chi connectivity index (χ3v) is 4.03. The third kappa shape index (κ3) is 5.52. The molecule has 2 rings (SSSR count). The number of nitrogens with two attached hydrogens (primary N) is 1. The molecule has 0 bridgehead atoms. The van der Waals surface area contributed by atoms with Crippen molar-refractivity contribution in [1.82, 2.24) is 0 Å². The van der Waals surface area contributed by atoms with Gasteiger partial charge in [-0.25, -0.2) is 0 Å². The van der Waals surface area contributed by atoms with Crippen LogP contribution >= 0.6 is 0 Å². The fourth-order valence-corrected chi connectivity index (χ4v) is 2.43. The molecule has 0 saturated heterocycles. The van der Waals surface area contributed by atoms with E-state index in [4.69, 9.17) is 14.8 Å². The summed E-state index contributed by atoms with van der Waals surface area (Å²) in [6.07, 6.45) is 0. The van der Waals surface area contributed by atoms with Crippen LogP contribution in [0.3, 0.4) is 0 Å². The van der Waals surface area contributed by atoms with Gasteiger partial charge in [-0.1, -0.05) is 30.3 Å². The molecule has 0 heterocycles. The van der Waals surface area contributed by atoms with Crippen LogP contribution < -0.4 is 5.73 Å². The lowest BCUT2D eigenvalue weighted by atomic mass is 10.3. The molecule has 114 valence electrons. The van der Waals surface area contributed by atoms with Crippen molar-refractivity contribution in [3.63, 3.8) is 0 Å². The molecule has 2 aromatic rings. The third-order valence-electron chi connectivity index (χ3n) is 2.24. The lowest BCUT2D eigenvalue weighted by Gasteiger charge is -1.98. The van der Waals surface area contributed by atoms with Crippen LogP contribution in [0.1, 0.15) is 0 Å². The van der Waals surface area contributed by atoms with Gasteiger partial charge in [0.25, 0.3) is 20.2 Å². The Hall–Kier alpha value is -1.94. The maximum Gasteiger partial charge on any atom is 0.296 e. The van der Waals surface area contributed by atoms with Crippen molar-refractivity contribution in [1.29, 1.82) is 0 Å². The van der Waals surface area contributed by atoms with E-state index in [1.54, 1.807) is 24.3 Å². The van der Waals surface area contributed by atoms with Crippen LogP contribution in [0.2, 0.25) is 0 Å². The normalized spacial score (nSPS) is 11.3. The Labute approximate surface area is 122 Å². The van der Waals surface area contributed by atoms with Gasteiger partial charge in [0, 0.05) is 0 Å². The van der Waals surface area contributed by atoms with Gasteiger partial charge < -0.3 is 5.73 Å². The molecule has 0 radical (unpaired) electrons. The van der Waals surface area contributed by atoms with E-state index < -0.39 is 20.2 Å². The van der Waals surface area contributed by atoms with Gasteiger partial charge in [0.2, 0.25) is 0 Å². The molecule has 4 N–H and O–H groups in total. The largest absolute Gasteiger partial charge is 0.398 e. The number of hydrogen-bond acceptors (Lipinski definition) is 5. The summed E-state index contributed by atoms with van der Waals surface area (Å²) < 4.78 is 58.9. The van der Waals surface area contributed by atoms with E-state index in [0.29, 0.717) is 0 Å². The van der Waals surface area contributed by atoms with E-state index in [1.165, 1.54) is 30.3 Å². The Balaban J connectivity index is 0.000000211. The predicted molar refractivity (Wildman–Crippen MR) is 76.9 cm³/mol. The van der Waals surface area contributed by atoms with Crippen molar-refractivity contribution in [3.8, 4) is 0 Å². The molecule has 0 atom stereocenters. The summed E-state index contributed by atoms with van der Waals surface area (Å²) in [4.78, 5) is -0.324. The summed E-state index contributed by atoms with van der Waals surface area (Å²) in [6.45, 7) is 0. The van der Waals surface area contributed by atoms with E-state index in [1.807, 2.05) is 0 Å². The van der Waals surface area contributed by atoms with Crippen LogP contribution in [-0.4, -0.2) is 25.9 Å². The summed E-state index contributed by atoms with van der Waals surface area (Å²) >= 11 is 0. The molecule has 0 aliphatic heterocycles. The van der Waals surface area contributed by atoms with Crippen LogP contribution in [-0.2, 0) is 20.2 Å². The van der Waals surface area contributed by atoms with Gasteiger partial charge >= 0.3 is 0 Å². The Morgan fingerprint density at radius 3 is 1.52 bits per heavy atom. The highest BCUT2D eigenvalue weighted by Crippen LogP contribution is 2.15. The van der Waals surface area contributed by atoms with Gasteiger partial charge in [0.15, 0.2) is 0 Å². The van der Waals surface area contributed by atoms with E-state index in [9.17, 15) is 16.8 Å². The van der Waals surface area contributed by atoms with Crippen molar-refractivity contribution in [2.24, 2.45) is 0 Å². The SMILES string of the molecule is Nc1ccccc1S(=O)(=O)O.O=S(=O)(O)c1ccccc1. The van der Waals surface area contributed by atoms with Gasteiger partial charge in [-0.3, -0.25) is 9.11 Å². The number of benzene rings is 2. The molecule has 0 unspecified atom stereocenters. The van der Waals surface area contributed by atoms with Gasteiger partial charge in [0.1, 0.15) is 4.90 Å². The molecule has 0 aliphatic carbocycles. The standard InChI is InChI=1S/C6H7NO3S.C6H6O3S/c7-5-3-1-2-4-6(5)11(8,9)10;7-10(8,9)6-4-2-1-3-5-6/h1-4H,7H2,(H,8,9,10);1-5H,(H,7,8,9). The molecule has 0 aliphatic rings. The van der Waals surface area contributed by atoms with Gasteiger partial charge in [-0.05, 0) is 24.3 Å². The Kier molecular flexibility index (Phi) is 5.44. The van der Waals surface area contributed by atoms with Crippen LogP contribution in [0.25, 0.3) is 0 Å². The van der Waals surface area contributed by atoms with E-state index >= 15 is 0 Å². The van der Waals surface area contributed by atoms with Gasteiger partial charge in [-0.2, -0.15) is 16.8 Å². The monoisotopic (exact) mass is 331 g/mol. The van der Waals surface area contributed by atoms with Crippen molar-refractivity contribution in [3.05, 3.63) is 54.6 Å². The topological polar surface area (TPSA) is 135 Å². The lowest BCUT2D eigenvalue weighted by Crippen LogP contribution is -2.01. The molecule has 0 fully saturated rings. The van der Waals surface area contributed by atoms with Crippen molar-refractivity contribution >= 4 is 25.9 Å². The highest BCUT2D eigenvalue weighted by Gasteiger charge is 2.11. The van der Waals surface area contributed by atoms with E-state index in [2.05, 4.69) is 0 Å². The minimum absolute atomic E-state index is 0.0509. The molecular weight excluding hydrogens is 318 g/mol. The average Bonchev–Trinajstić information content (AvgIpc) is 2.39. The second kappa shape index (κ2) is 6.68. The first-order valence-electron chi connectivity index (χ1n) is 5.47. The molecule has 0 spiro atoms. The number of anilines is 1. The highest BCUT2D eigenvalue weighted by atomic mass is 32.2. The second-order valence-electron chi connectivity index (χ2n) is 3.80. The molecule has 0 aromatic heterocycles. The molecular formula is C12H13NO6S2. The smallest absolute Gasteiger partial charge is 0.296 e. The van der Waals surface area contributed by atoms with Crippen molar-refractivity contribution in [2.75, 3.05) is 5.73 Å². The minimum Gasteiger partial charge on any atom is -0.398 e. The zero-order chi connectivity index (χ0) is 16.1. The number of nitrogen functional groups attached to an aromatic ring is 1. The number of para-hydroxylation sites is 1. The van der Waals surface area contributed by atoms with Gasteiger partial charge in [-0.15, -0.1) is 0 Å². The average molecular weight is 331 g/mol. The first kappa shape index (κ1) is 17.1. The fraction of sp³-hybridized carbons (Fsp3) is 0. The fourth-order valence-electron chi connectivity index (χ4n) is 1.31. The van der Waals surface area contributed by atoms with E-state index in [0.717, 1.165) is 0 Å². The summed E-state index contributed by atoms with van der Waals surface area (Å²) in [7, 11) is -8.16. The molecule has 9 heteroatoms. The summed E-state index contributed by atoms with van der Waals surface area (Å²) in [6, 6.07) is 13.1. The summed E-state index contributed by atoms with van der Waals surface area (Å²) in [5, 5.41) is 0. The van der Waals surface area contributed by atoms with Crippen LogP contribution in [0, 0.1) is 0 Å². The number of rotatable bonds is 2. The van der Waals surface area contributed by atoms with Crippen molar-refractivity contribution in [2.45, 2.75) is 9.79 Å². The van der Waals surface area contributed by atoms with Gasteiger partial charge in [0.05, 0.1) is 10.6 Å². The molecule has 0 amide bonds. The van der Waals surface area contributed by atoms with Crippen LogP contribution in [0.15, 0.2) is 64.4 Å². The van der Waals surface area contributed by atoms with Crippen LogP contribution in [0.5, 0.6) is 0 Å². The van der Waals surface area contributed by atoms with Crippen molar-refractivity contribution < 1.29 is 25.9 Å². The maximum atomic E-state index is 10.5. The predicted octanol–water partition coefficient (Wildman–Crippen LogP) is 1.45. The molecule has 2 aromatic carbocycles. The molecule has 0 saturated carbocycles. The molecule has 7 nitrogen and oxygen atoms in total. The Morgan fingerprint density at radius 1 is 0.714 bits per heavy atom. The number of hydrogen-bond donors (Lipinski definition) is 3. The zero-order valence-corrected chi connectivity index (χ0v) is 12.3. The Bertz CT molecular complexity index is 801. The molecule has 21 heavy (non-hydrogen) atoms. The maximum absolute atomic E-state index is 10.5. The Morgan fingerprint density at radius 2 is 1.19 bits per heavy atom. The quantitative estimate of drug-likeness (QED) is 0.560. The highest BCUT2D eigenvalue weighted by molar-refractivity contribution is 7.86. The zero-order valence-electron chi connectivity index (χ0n) is 10.6. The summed E-state index contributed by atoms with van der Waals surface area (Å²) in [5.74, 6) is 0. The van der Waals surface area contributed by atoms with Crippen LogP contribution in [0.4, 0.5) is 5.69 Å². The first-order chi connectivity index (χ1) is 9.62.